The van der Waals surface area contributed by atoms with Gasteiger partial charge in [0.15, 0.2) is 5.82 Å². The number of H-pyrrole nitrogens is 1. The van der Waals surface area contributed by atoms with E-state index in [2.05, 4.69) is 74.8 Å². The molecular weight excluding hydrogens is 503 g/mol. The number of tetrazole rings is 1. The lowest BCUT2D eigenvalue weighted by atomic mass is 9.89. The Morgan fingerprint density at radius 2 is 1.70 bits per heavy atom. The summed E-state index contributed by atoms with van der Waals surface area (Å²) in [7, 11) is 0. The first-order valence-electron chi connectivity index (χ1n) is 14.0. The van der Waals surface area contributed by atoms with Gasteiger partial charge in [-0.15, -0.1) is 5.10 Å². The average Bonchev–Trinajstić information content (AvgIpc) is 3.43. The zero-order valence-electron chi connectivity index (χ0n) is 22.6. The van der Waals surface area contributed by atoms with E-state index in [0.29, 0.717) is 23.9 Å². The van der Waals surface area contributed by atoms with Gasteiger partial charge < -0.3 is 4.98 Å². The Hall–Kier alpha value is -4.17. The van der Waals surface area contributed by atoms with Crippen LogP contribution < -0.4 is 5.56 Å². The first kappa shape index (κ1) is 26.1. The highest BCUT2D eigenvalue weighted by molar-refractivity contribution is 5.80. The van der Waals surface area contributed by atoms with E-state index in [4.69, 9.17) is 0 Å². The third-order valence-corrected chi connectivity index (χ3v) is 8.07. The molecule has 3 aromatic carbocycles. The summed E-state index contributed by atoms with van der Waals surface area (Å²) < 4.78 is 15.3. The van der Waals surface area contributed by atoms with Crippen molar-refractivity contribution in [1.29, 1.82) is 0 Å². The van der Waals surface area contributed by atoms with E-state index in [1.165, 1.54) is 23.3 Å². The Bertz CT molecular complexity index is 1640. The Balaban J connectivity index is 1.35. The number of likely N-dealkylation sites (tertiary alicyclic amines) is 1. The van der Waals surface area contributed by atoms with Crippen LogP contribution >= 0.6 is 0 Å². The van der Waals surface area contributed by atoms with E-state index in [1.54, 1.807) is 16.8 Å². The smallest absolute Gasteiger partial charge is 0.253 e. The molecule has 5 aromatic rings. The molecule has 1 fully saturated rings. The molecule has 0 radical (unpaired) electrons. The van der Waals surface area contributed by atoms with Crippen LogP contribution in [0.25, 0.3) is 10.9 Å². The van der Waals surface area contributed by atoms with Crippen molar-refractivity contribution in [2.75, 3.05) is 13.1 Å². The molecule has 204 valence electrons. The summed E-state index contributed by atoms with van der Waals surface area (Å²) in [6.07, 6.45) is 4.02. The molecule has 7 nitrogen and oxygen atoms in total. The molecule has 2 aromatic heterocycles. The third-order valence-electron chi connectivity index (χ3n) is 8.07. The number of nitrogens with one attached hydrogen (secondary N) is 1. The van der Waals surface area contributed by atoms with Crippen LogP contribution in [0.4, 0.5) is 4.39 Å². The molecule has 0 amide bonds. The number of piperidine rings is 1. The van der Waals surface area contributed by atoms with E-state index in [1.807, 2.05) is 12.1 Å². The lowest BCUT2D eigenvalue weighted by molar-refractivity contribution is 0.143. The minimum absolute atomic E-state index is 0.135. The van der Waals surface area contributed by atoms with Crippen molar-refractivity contribution in [3.8, 4) is 0 Å². The third kappa shape index (κ3) is 5.58. The zero-order chi connectivity index (χ0) is 27.5. The van der Waals surface area contributed by atoms with Crippen LogP contribution in [0.3, 0.4) is 0 Å². The summed E-state index contributed by atoms with van der Waals surface area (Å²) in [6, 6.07) is 24.7. The standard InChI is InChI=1S/C32H33FN6O/c1-2-22-10-13-29-26(19-22)20-28(32(40)34-29)30(31-35-36-37-39(31)21-25-8-11-27(33)12-9-25)38-16-14-24(15-17-38)18-23-6-4-3-5-7-23/h3-13,19-20,24,30H,2,14-18,21H2,1H3,(H,34,40)/t30-/m0/s1. The van der Waals surface area contributed by atoms with E-state index < -0.39 is 6.04 Å². The Morgan fingerprint density at radius 3 is 2.45 bits per heavy atom. The molecule has 1 aliphatic heterocycles. The summed E-state index contributed by atoms with van der Waals surface area (Å²) in [5, 5.41) is 13.8. The van der Waals surface area contributed by atoms with Crippen molar-refractivity contribution in [1.82, 2.24) is 30.1 Å². The largest absolute Gasteiger partial charge is 0.322 e. The Labute approximate surface area is 232 Å². The molecule has 3 heterocycles. The summed E-state index contributed by atoms with van der Waals surface area (Å²) in [5.74, 6) is 0.907. The number of rotatable bonds is 8. The number of aryl methyl sites for hydroxylation is 1. The van der Waals surface area contributed by atoms with Crippen molar-refractivity contribution in [3.63, 3.8) is 0 Å². The summed E-state index contributed by atoms with van der Waals surface area (Å²) in [4.78, 5) is 19.0. The van der Waals surface area contributed by atoms with E-state index in [-0.39, 0.29) is 11.4 Å². The fourth-order valence-electron chi connectivity index (χ4n) is 5.84. The molecule has 8 heteroatoms. The van der Waals surface area contributed by atoms with Crippen molar-refractivity contribution in [2.24, 2.45) is 5.92 Å². The number of nitrogens with zero attached hydrogens (tertiary/aromatic N) is 5. The topological polar surface area (TPSA) is 79.7 Å². The highest BCUT2D eigenvalue weighted by Crippen LogP contribution is 2.32. The van der Waals surface area contributed by atoms with E-state index in [0.717, 1.165) is 55.2 Å². The van der Waals surface area contributed by atoms with E-state index in [9.17, 15) is 9.18 Å². The van der Waals surface area contributed by atoms with Crippen molar-refractivity contribution in [2.45, 2.75) is 45.2 Å². The highest BCUT2D eigenvalue weighted by Gasteiger charge is 2.33. The van der Waals surface area contributed by atoms with Crippen LogP contribution in [0.5, 0.6) is 0 Å². The molecule has 6 rings (SSSR count). The van der Waals surface area contributed by atoms with Gasteiger partial charge >= 0.3 is 0 Å². The summed E-state index contributed by atoms with van der Waals surface area (Å²) >= 11 is 0. The number of hydrogen-bond acceptors (Lipinski definition) is 5. The fourth-order valence-corrected chi connectivity index (χ4v) is 5.84. The molecule has 1 aliphatic rings. The molecule has 0 bridgehead atoms. The second-order valence-electron chi connectivity index (χ2n) is 10.7. The number of fused-ring (bicyclic) bond motifs is 1. The van der Waals surface area contributed by atoms with Gasteiger partial charge in [0.25, 0.3) is 5.56 Å². The lowest BCUT2D eigenvalue weighted by Gasteiger charge is -2.37. The Morgan fingerprint density at radius 1 is 0.950 bits per heavy atom. The van der Waals surface area contributed by atoms with Gasteiger partial charge in [-0.05, 0) is 108 Å². The van der Waals surface area contributed by atoms with Crippen molar-refractivity contribution < 1.29 is 4.39 Å². The lowest BCUT2D eigenvalue weighted by Crippen LogP contribution is -2.41. The summed E-state index contributed by atoms with van der Waals surface area (Å²) in [5.41, 5.74) is 4.78. The molecule has 0 saturated carbocycles. The van der Waals surface area contributed by atoms with Crippen LogP contribution in [0.2, 0.25) is 0 Å². The zero-order valence-corrected chi connectivity index (χ0v) is 22.6. The maximum atomic E-state index is 13.6. The van der Waals surface area contributed by atoms with Crippen LogP contribution in [0.1, 0.15) is 53.9 Å². The van der Waals surface area contributed by atoms with Gasteiger partial charge in [0.05, 0.1) is 6.54 Å². The summed E-state index contributed by atoms with van der Waals surface area (Å²) in [6.45, 7) is 4.17. The average molecular weight is 537 g/mol. The number of aromatic nitrogens is 5. The quantitative estimate of drug-likeness (QED) is 0.291. The number of benzene rings is 3. The van der Waals surface area contributed by atoms with Crippen LogP contribution in [-0.2, 0) is 19.4 Å². The molecule has 0 unspecified atom stereocenters. The van der Waals surface area contributed by atoms with Crippen molar-refractivity contribution >= 4 is 10.9 Å². The predicted molar refractivity (Wildman–Crippen MR) is 154 cm³/mol. The number of pyridine rings is 1. The number of halogens is 1. The van der Waals surface area contributed by atoms with Gasteiger partial charge in [-0.3, -0.25) is 9.69 Å². The minimum atomic E-state index is -0.411. The van der Waals surface area contributed by atoms with Gasteiger partial charge in [-0.25, -0.2) is 9.07 Å². The van der Waals surface area contributed by atoms with E-state index >= 15 is 0 Å². The van der Waals surface area contributed by atoms with Gasteiger partial charge in [0.2, 0.25) is 0 Å². The first-order valence-corrected chi connectivity index (χ1v) is 14.0. The maximum Gasteiger partial charge on any atom is 0.253 e. The molecule has 0 aliphatic carbocycles. The normalized spacial score (nSPS) is 15.4. The number of aromatic amines is 1. The van der Waals surface area contributed by atoms with Crippen LogP contribution in [-0.4, -0.2) is 43.2 Å². The van der Waals surface area contributed by atoms with Gasteiger partial charge in [0, 0.05) is 11.1 Å². The second-order valence-corrected chi connectivity index (χ2v) is 10.7. The SMILES string of the molecule is CCc1ccc2[nH]c(=O)c([C@@H](c3nnnn3Cc3ccc(F)cc3)N3CCC(Cc4ccccc4)CC3)cc2c1. The predicted octanol–water partition coefficient (Wildman–Crippen LogP) is 5.31. The maximum absolute atomic E-state index is 13.6. The fraction of sp³-hybridized carbons (Fsp3) is 0.312. The molecule has 1 N–H and O–H groups in total. The Kier molecular flexibility index (Phi) is 7.51. The first-order chi connectivity index (χ1) is 19.6. The second kappa shape index (κ2) is 11.5. The monoisotopic (exact) mass is 536 g/mol. The van der Waals surface area contributed by atoms with Gasteiger partial charge in [-0.2, -0.15) is 0 Å². The van der Waals surface area contributed by atoms with Gasteiger partial charge in [-0.1, -0.05) is 55.5 Å². The van der Waals surface area contributed by atoms with Gasteiger partial charge in [0.1, 0.15) is 11.9 Å². The van der Waals surface area contributed by atoms with Crippen LogP contribution in [0.15, 0.2) is 83.7 Å². The molecular formula is C32H33FN6O. The molecule has 1 saturated heterocycles. The van der Waals surface area contributed by atoms with Crippen LogP contribution in [0, 0.1) is 11.7 Å². The molecule has 40 heavy (non-hydrogen) atoms. The van der Waals surface area contributed by atoms with Crippen molar-refractivity contribution in [3.05, 3.63) is 123 Å². The highest BCUT2D eigenvalue weighted by atomic mass is 19.1. The number of hydrogen-bond donors (Lipinski definition) is 1. The minimum Gasteiger partial charge on any atom is -0.322 e. The molecule has 0 spiro atoms. The molecule has 1 atom stereocenters.